The lowest BCUT2D eigenvalue weighted by molar-refractivity contribution is -0.155. The third kappa shape index (κ3) is 3.66. The highest BCUT2D eigenvalue weighted by atomic mass is 16.6. The fraction of sp³-hybridized carbons (Fsp3) is 0.550. The summed E-state index contributed by atoms with van der Waals surface area (Å²) in [4.78, 5) is 37.2. The van der Waals surface area contributed by atoms with Gasteiger partial charge < -0.3 is 9.84 Å². The fourth-order valence-corrected chi connectivity index (χ4v) is 3.26. The second-order valence-electron chi connectivity index (χ2n) is 6.45. The number of rotatable bonds is 9. The number of esters is 1. The molecule has 1 aromatic rings. The first kappa shape index (κ1) is 19.3. The predicted molar refractivity (Wildman–Crippen MR) is 93.8 cm³/mol. The second kappa shape index (κ2) is 8.39. The number of ketones is 2. The highest BCUT2D eigenvalue weighted by Gasteiger charge is 2.59. The molecule has 0 radical (unpaired) electrons. The normalized spacial score (nSPS) is 19.2. The molecular formula is C20H26O5. The van der Waals surface area contributed by atoms with Gasteiger partial charge in [0.15, 0.2) is 0 Å². The van der Waals surface area contributed by atoms with Crippen molar-refractivity contribution in [1.82, 2.24) is 0 Å². The van der Waals surface area contributed by atoms with Gasteiger partial charge in [-0.15, -0.1) is 0 Å². The highest BCUT2D eigenvalue weighted by Crippen LogP contribution is 2.34. The van der Waals surface area contributed by atoms with Gasteiger partial charge in [-0.2, -0.15) is 0 Å². The predicted octanol–water partition coefficient (Wildman–Crippen LogP) is 3.26. The van der Waals surface area contributed by atoms with Crippen molar-refractivity contribution < 1.29 is 24.2 Å². The number of fused-ring (bicyclic) bond motifs is 1. The van der Waals surface area contributed by atoms with Crippen LogP contribution in [0, 0.1) is 0 Å². The molecule has 25 heavy (non-hydrogen) atoms. The Morgan fingerprint density at radius 2 is 1.72 bits per heavy atom. The minimum absolute atomic E-state index is 0.0112. The molecule has 1 aliphatic carbocycles. The van der Waals surface area contributed by atoms with Gasteiger partial charge in [-0.25, -0.2) is 4.79 Å². The van der Waals surface area contributed by atoms with Crippen molar-refractivity contribution in [3.8, 4) is 0 Å². The van der Waals surface area contributed by atoms with Crippen LogP contribution in [0.2, 0.25) is 0 Å². The Balaban J connectivity index is 2.16. The summed E-state index contributed by atoms with van der Waals surface area (Å²) < 4.78 is 4.75. The molecular weight excluding hydrogens is 320 g/mol. The zero-order valence-corrected chi connectivity index (χ0v) is 15.0. The Morgan fingerprint density at radius 1 is 1.04 bits per heavy atom. The molecule has 1 unspecified atom stereocenters. The van der Waals surface area contributed by atoms with Gasteiger partial charge in [0.05, 0.1) is 6.61 Å². The molecule has 136 valence electrons. The Kier molecular flexibility index (Phi) is 6.48. The van der Waals surface area contributed by atoms with E-state index in [4.69, 9.17) is 4.74 Å². The van der Waals surface area contributed by atoms with Crippen molar-refractivity contribution >= 4 is 17.5 Å². The fourth-order valence-electron chi connectivity index (χ4n) is 3.26. The van der Waals surface area contributed by atoms with Crippen LogP contribution in [0.5, 0.6) is 0 Å². The summed E-state index contributed by atoms with van der Waals surface area (Å²) in [6, 6.07) is 4.96. The second-order valence-corrected chi connectivity index (χ2v) is 6.45. The van der Waals surface area contributed by atoms with Gasteiger partial charge in [0, 0.05) is 11.1 Å². The third-order valence-corrected chi connectivity index (χ3v) is 4.65. The first-order valence-electron chi connectivity index (χ1n) is 9.09. The molecule has 1 aliphatic rings. The number of unbranched alkanes of at least 4 members (excludes halogenated alkanes) is 5. The Morgan fingerprint density at radius 3 is 2.40 bits per heavy atom. The lowest BCUT2D eigenvalue weighted by Crippen LogP contribution is -2.50. The van der Waals surface area contributed by atoms with Crippen molar-refractivity contribution in [3.63, 3.8) is 0 Å². The number of hydrogen-bond donors (Lipinski definition) is 1. The lowest BCUT2D eigenvalue weighted by Gasteiger charge is -2.16. The Hall–Kier alpha value is -2.01. The minimum Gasteiger partial charge on any atom is -0.463 e. The topological polar surface area (TPSA) is 80.7 Å². The van der Waals surface area contributed by atoms with Gasteiger partial charge in [-0.05, 0) is 25.3 Å². The van der Waals surface area contributed by atoms with Crippen LogP contribution in [0.25, 0.3) is 0 Å². The first-order valence-corrected chi connectivity index (χ1v) is 9.09. The van der Waals surface area contributed by atoms with Crippen LogP contribution in [0.3, 0.4) is 0 Å². The van der Waals surface area contributed by atoms with Crippen LogP contribution in [0.1, 0.15) is 78.7 Å². The maximum absolute atomic E-state index is 12.7. The van der Waals surface area contributed by atoms with Crippen molar-refractivity contribution in [1.29, 1.82) is 0 Å². The van der Waals surface area contributed by atoms with E-state index in [-0.39, 0.29) is 17.7 Å². The Bertz CT molecular complexity index is 664. The molecule has 0 bridgehead atoms. The number of carbonyl (C=O) groups is 3. The summed E-state index contributed by atoms with van der Waals surface area (Å²) in [5.74, 6) is -2.92. The standard InChI is InChI=1S/C20H26O5/c1-3-5-6-7-8-9-11-14-12-10-13-15-16(14)18(22)20(24,17(15)21)19(23)25-4-2/h10,12-13,24H,3-9,11H2,1-2H3. The van der Waals surface area contributed by atoms with E-state index in [0.717, 1.165) is 19.3 Å². The van der Waals surface area contributed by atoms with E-state index in [1.807, 2.05) is 0 Å². The number of Topliss-reactive ketones (excluding diaryl/α,β-unsaturated/α-hetero) is 2. The molecule has 1 atom stereocenters. The van der Waals surface area contributed by atoms with E-state index in [1.54, 1.807) is 19.1 Å². The molecule has 2 rings (SSSR count). The molecule has 0 heterocycles. The first-order chi connectivity index (χ1) is 12.0. The average molecular weight is 346 g/mol. The van der Waals surface area contributed by atoms with Crippen molar-refractivity contribution in [2.45, 2.75) is 64.4 Å². The van der Waals surface area contributed by atoms with Gasteiger partial charge >= 0.3 is 5.97 Å². The number of ether oxygens (including phenoxy) is 1. The number of hydrogen-bond acceptors (Lipinski definition) is 5. The van der Waals surface area contributed by atoms with Gasteiger partial charge in [0.2, 0.25) is 11.6 Å². The third-order valence-electron chi connectivity index (χ3n) is 4.65. The van der Waals surface area contributed by atoms with Crippen LogP contribution in [-0.2, 0) is 16.0 Å². The molecule has 0 amide bonds. The summed E-state index contributed by atoms with van der Waals surface area (Å²) in [6.07, 6.45) is 7.35. The molecule has 0 saturated heterocycles. The molecule has 0 fully saturated rings. The van der Waals surface area contributed by atoms with Gasteiger partial charge in [0.25, 0.3) is 5.60 Å². The number of aryl methyl sites for hydroxylation is 1. The number of benzene rings is 1. The molecule has 0 aromatic heterocycles. The van der Waals surface area contributed by atoms with E-state index in [1.165, 1.54) is 25.3 Å². The summed E-state index contributed by atoms with van der Waals surface area (Å²) in [7, 11) is 0. The van der Waals surface area contributed by atoms with E-state index in [0.29, 0.717) is 12.0 Å². The molecule has 0 saturated carbocycles. The quantitative estimate of drug-likeness (QED) is 0.422. The maximum atomic E-state index is 12.7. The highest BCUT2D eigenvalue weighted by molar-refractivity contribution is 6.41. The van der Waals surface area contributed by atoms with Gasteiger partial charge in [-0.1, -0.05) is 57.2 Å². The van der Waals surface area contributed by atoms with Crippen molar-refractivity contribution in [2.75, 3.05) is 6.61 Å². The SMILES string of the molecule is CCCCCCCCc1cccc2c1C(=O)C(O)(C(=O)OCC)C2=O. The molecule has 5 nitrogen and oxygen atoms in total. The van der Waals surface area contributed by atoms with E-state index >= 15 is 0 Å². The van der Waals surface area contributed by atoms with E-state index in [9.17, 15) is 19.5 Å². The Labute approximate surface area is 148 Å². The summed E-state index contributed by atoms with van der Waals surface area (Å²) in [5.41, 5.74) is -1.72. The molecule has 5 heteroatoms. The summed E-state index contributed by atoms with van der Waals surface area (Å²) >= 11 is 0. The molecule has 0 aliphatic heterocycles. The lowest BCUT2D eigenvalue weighted by atomic mass is 9.95. The van der Waals surface area contributed by atoms with Crippen LogP contribution >= 0.6 is 0 Å². The smallest absolute Gasteiger partial charge is 0.354 e. The van der Waals surface area contributed by atoms with Gasteiger partial charge in [-0.3, -0.25) is 9.59 Å². The molecule has 1 N–H and O–H groups in total. The zero-order valence-electron chi connectivity index (χ0n) is 15.0. The van der Waals surface area contributed by atoms with Crippen LogP contribution in [0.4, 0.5) is 0 Å². The van der Waals surface area contributed by atoms with E-state index in [2.05, 4.69) is 6.92 Å². The monoisotopic (exact) mass is 346 g/mol. The average Bonchev–Trinajstić information content (AvgIpc) is 2.81. The number of carbonyl (C=O) groups excluding carboxylic acids is 3. The van der Waals surface area contributed by atoms with Crippen molar-refractivity contribution in [2.24, 2.45) is 0 Å². The van der Waals surface area contributed by atoms with E-state index < -0.39 is 23.1 Å². The minimum atomic E-state index is -2.73. The number of aliphatic hydroxyl groups is 1. The molecule has 0 spiro atoms. The van der Waals surface area contributed by atoms with Crippen LogP contribution in [-0.4, -0.2) is 34.9 Å². The van der Waals surface area contributed by atoms with Crippen LogP contribution in [0.15, 0.2) is 18.2 Å². The largest absolute Gasteiger partial charge is 0.463 e. The van der Waals surface area contributed by atoms with Gasteiger partial charge in [0.1, 0.15) is 0 Å². The van der Waals surface area contributed by atoms with Crippen molar-refractivity contribution in [3.05, 3.63) is 34.9 Å². The maximum Gasteiger partial charge on any atom is 0.354 e. The van der Waals surface area contributed by atoms with Crippen LogP contribution < -0.4 is 0 Å². The molecule has 1 aromatic carbocycles. The summed E-state index contributed by atoms with van der Waals surface area (Å²) in [6.45, 7) is 3.71. The zero-order chi connectivity index (χ0) is 18.4. The summed E-state index contributed by atoms with van der Waals surface area (Å²) in [5, 5.41) is 10.5.